The number of nitrogens with one attached hydrogen (secondary N) is 3. The molecule has 1 fully saturated rings. The van der Waals surface area contributed by atoms with Gasteiger partial charge >= 0.3 is 0 Å². The number of fused-ring (bicyclic) bond motifs is 9. The van der Waals surface area contributed by atoms with E-state index in [9.17, 15) is 0 Å². The highest BCUT2D eigenvalue weighted by atomic mass is 32.1. The third-order valence-electron chi connectivity index (χ3n) is 10.7. The Bertz CT molecular complexity index is 2830. The van der Waals surface area contributed by atoms with E-state index >= 15 is 0 Å². The van der Waals surface area contributed by atoms with Crippen LogP contribution in [0.2, 0.25) is 0 Å². The Hall–Kier alpha value is -5.50. The fourth-order valence-corrected chi connectivity index (χ4v) is 9.50. The van der Waals surface area contributed by atoms with E-state index in [0.717, 1.165) is 51.7 Å². The van der Waals surface area contributed by atoms with E-state index in [1.165, 1.54) is 53.4 Å². The Morgan fingerprint density at radius 2 is 1.31 bits per heavy atom. The summed E-state index contributed by atoms with van der Waals surface area (Å²) < 4.78 is 15.4. The van der Waals surface area contributed by atoms with Gasteiger partial charge in [-0.1, -0.05) is 115 Å². The third kappa shape index (κ3) is 4.65. The van der Waals surface area contributed by atoms with Gasteiger partial charge in [0.2, 0.25) is 0 Å². The second kappa shape index (κ2) is 11.5. The lowest BCUT2D eigenvalue weighted by Gasteiger charge is -2.40. The van der Waals surface area contributed by atoms with Crippen LogP contribution < -0.4 is 16.0 Å². The molecule has 1 aliphatic heterocycles. The highest BCUT2D eigenvalue weighted by molar-refractivity contribution is 7.26. The van der Waals surface area contributed by atoms with Gasteiger partial charge in [0.25, 0.3) is 0 Å². The van der Waals surface area contributed by atoms with Crippen molar-refractivity contribution in [3.05, 3.63) is 161 Å². The van der Waals surface area contributed by atoms with Crippen LogP contribution in [-0.2, 0) is 6.42 Å². The van der Waals surface area contributed by atoms with Crippen LogP contribution in [-0.4, -0.2) is 0 Å². The van der Waals surface area contributed by atoms with Crippen LogP contribution in [0, 0.1) is 0 Å². The molecule has 3 atom stereocenters. The van der Waals surface area contributed by atoms with Crippen molar-refractivity contribution in [1.82, 2.24) is 16.0 Å². The minimum absolute atomic E-state index is 0.0678. The molecule has 3 N–H and O–H groups in total. The summed E-state index contributed by atoms with van der Waals surface area (Å²) in [6.45, 7) is 0. The number of para-hydroxylation sites is 2. The summed E-state index contributed by atoms with van der Waals surface area (Å²) in [6, 6.07) is 45.5. The molecule has 6 aromatic carbocycles. The van der Waals surface area contributed by atoms with Crippen LogP contribution in [0.15, 0.2) is 142 Å². The number of thiophene rings is 1. The van der Waals surface area contributed by atoms with E-state index in [1.807, 2.05) is 17.4 Å². The monoisotopic (exact) mass is 679 g/mol. The number of hydrogen-bond donors (Lipinski definition) is 3. The zero-order valence-electron chi connectivity index (χ0n) is 27.7. The first-order valence-corrected chi connectivity index (χ1v) is 18.5. The first-order valence-electron chi connectivity index (χ1n) is 17.7. The minimum atomic E-state index is -0.118. The number of allylic oxidation sites excluding steroid dienone is 1. The smallest absolute Gasteiger partial charge is 0.143 e. The Balaban J connectivity index is 1.03. The SMILES string of the molecule is C1=Cc2c(oc3cccc(C4NC(c5ccccc5)NC(c5ccc6sc7c(-c8cccc9c8oc8ccccc89)cccc7c6c5)N4)c23)CC1. The van der Waals surface area contributed by atoms with Crippen LogP contribution >= 0.6 is 11.3 Å². The zero-order valence-corrected chi connectivity index (χ0v) is 28.5. The minimum Gasteiger partial charge on any atom is -0.460 e. The molecule has 3 aromatic heterocycles. The Kier molecular flexibility index (Phi) is 6.61. The molecule has 3 unspecified atom stereocenters. The summed E-state index contributed by atoms with van der Waals surface area (Å²) in [5, 5.41) is 17.7. The van der Waals surface area contributed by atoms with Crippen LogP contribution in [0.25, 0.3) is 70.3 Å². The molecule has 6 heteroatoms. The number of benzene rings is 6. The maximum atomic E-state index is 6.48. The summed E-state index contributed by atoms with van der Waals surface area (Å²) in [4.78, 5) is 0. The molecule has 1 aliphatic carbocycles. The summed E-state index contributed by atoms with van der Waals surface area (Å²) in [5.41, 5.74) is 9.93. The van der Waals surface area contributed by atoms with E-state index in [2.05, 4.69) is 149 Å². The van der Waals surface area contributed by atoms with Crippen LogP contribution in [0.5, 0.6) is 0 Å². The summed E-state index contributed by atoms with van der Waals surface area (Å²) in [5.74, 6) is 1.08. The van der Waals surface area contributed by atoms with Crippen molar-refractivity contribution >= 4 is 70.5 Å². The average molecular weight is 680 g/mol. The highest BCUT2D eigenvalue weighted by Crippen LogP contribution is 2.44. The van der Waals surface area contributed by atoms with Crippen molar-refractivity contribution < 1.29 is 8.83 Å². The van der Waals surface area contributed by atoms with Gasteiger partial charge in [-0.25, -0.2) is 0 Å². The first kappa shape index (κ1) is 29.3. The zero-order chi connectivity index (χ0) is 33.5. The second-order valence-electron chi connectivity index (χ2n) is 13.6. The molecule has 2 aliphatic rings. The highest BCUT2D eigenvalue weighted by Gasteiger charge is 2.32. The topological polar surface area (TPSA) is 62.4 Å². The molecule has 5 nitrogen and oxygen atoms in total. The molecular formula is C45H33N3O2S. The molecule has 51 heavy (non-hydrogen) atoms. The summed E-state index contributed by atoms with van der Waals surface area (Å²) in [6.07, 6.45) is 6.15. The van der Waals surface area contributed by atoms with Gasteiger partial charge in [0.1, 0.15) is 22.5 Å². The molecule has 246 valence electrons. The van der Waals surface area contributed by atoms with Crippen molar-refractivity contribution in [2.45, 2.75) is 31.3 Å². The van der Waals surface area contributed by atoms with Gasteiger partial charge in [0.15, 0.2) is 0 Å². The number of furan rings is 2. The second-order valence-corrected chi connectivity index (χ2v) is 14.7. The van der Waals surface area contributed by atoms with Crippen molar-refractivity contribution in [3.8, 4) is 11.1 Å². The number of aryl methyl sites for hydroxylation is 1. The van der Waals surface area contributed by atoms with Gasteiger partial charge in [0.05, 0.1) is 18.5 Å². The maximum absolute atomic E-state index is 6.48. The standard InChI is InChI=1S/C45H33N3O2S/c1-2-11-26(12-3-1)43-46-44(48-45(47-43)34-19-10-22-38-40(34)33-14-5-7-21-37(33)49-38)27-23-24-39-35(25-27)32-18-9-17-31(42(32)51-39)30-16-8-15-29-28-13-4-6-20-36(28)50-41(29)30/h1-6,8-20,22-25,43-48H,7,21H2. The largest absolute Gasteiger partial charge is 0.460 e. The molecule has 0 radical (unpaired) electrons. The van der Waals surface area contributed by atoms with Gasteiger partial charge in [-0.05, 0) is 47.4 Å². The van der Waals surface area contributed by atoms with E-state index in [0.29, 0.717) is 0 Å². The molecule has 0 bridgehead atoms. The maximum Gasteiger partial charge on any atom is 0.143 e. The molecule has 0 saturated carbocycles. The van der Waals surface area contributed by atoms with E-state index in [-0.39, 0.29) is 18.5 Å². The molecule has 4 heterocycles. The molecule has 9 aromatic rings. The molecule has 0 spiro atoms. The van der Waals surface area contributed by atoms with Crippen molar-refractivity contribution in [1.29, 1.82) is 0 Å². The van der Waals surface area contributed by atoms with Gasteiger partial charge in [-0.2, -0.15) is 0 Å². The van der Waals surface area contributed by atoms with Crippen molar-refractivity contribution in [2.75, 3.05) is 0 Å². The molecule has 0 amide bonds. The Morgan fingerprint density at radius 1 is 0.569 bits per heavy atom. The third-order valence-corrected chi connectivity index (χ3v) is 11.9. The van der Waals surface area contributed by atoms with E-state index < -0.39 is 0 Å². The first-order chi connectivity index (χ1) is 25.3. The van der Waals surface area contributed by atoms with E-state index in [1.54, 1.807) is 0 Å². The van der Waals surface area contributed by atoms with Gasteiger partial charge in [-0.15, -0.1) is 11.3 Å². The number of rotatable bonds is 4. The van der Waals surface area contributed by atoms with Crippen molar-refractivity contribution in [2.24, 2.45) is 0 Å². The fourth-order valence-electron chi connectivity index (χ4n) is 8.29. The fraction of sp³-hybridized carbons (Fsp3) is 0.111. The van der Waals surface area contributed by atoms with Crippen LogP contribution in [0.4, 0.5) is 0 Å². The lowest BCUT2D eigenvalue weighted by atomic mass is 9.96. The lowest BCUT2D eigenvalue weighted by molar-refractivity contribution is 0.204. The summed E-state index contributed by atoms with van der Waals surface area (Å²) in [7, 11) is 0. The summed E-state index contributed by atoms with van der Waals surface area (Å²) >= 11 is 1.85. The predicted octanol–water partition coefficient (Wildman–Crippen LogP) is 11.5. The predicted molar refractivity (Wildman–Crippen MR) is 210 cm³/mol. The van der Waals surface area contributed by atoms with Gasteiger partial charge < -0.3 is 8.83 Å². The average Bonchev–Trinajstić information content (AvgIpc) is 3.89. The Labute approximate surface area is 298 Å². The lowest BCUT2D eigenvalue weighted by Crippen LogP contribution is -2.54. The van der Waals surface area contributed by atoms with Gasteiger partial charge in [0, 0.05) is 59.4 Å². The Morgan fingerprint density at radius 3 is 2.24 bits per heavy atom. The van der Waals surface area contributed by atoms with Gasteiger partial charge in [-0.3, -0.25) is 16.0 Å². The quantitative estimate of drug-likeness (QED) is 0.173. The number of hydrogen-bond acceptors (Lipinski definition) is 6. The van der Waals surface area contributed by atoms with E-state index in [4.69, 9.17) is 8.83 Å². The molecule has 1 saturated heterocycles. The molecular weight excluding hydrogens is 647 g/mol. The van der Waals surface area contributed by atoms with Crippen molar-refractivity contribution in [3.63, 3.8) is 0 Å². The molecule has 11 rings (SSSR count). The van der Waals surface area contributed by atoms with Crippen LogP contribution in [0.3, 0.4) is 0 Å². The van der Waals surface area contributed by atoms with Crippen LogP contribution in [0.1, 0.15) is 52.9 Å². The normalized spacial score (nSPS) is 19.1.